The van der Waals surface area contributed by atoms with Gasteiger partial charge in [0.25, 0.3) is 0 Å². The molecule has 0 saturated carbocycles. The number of carbonyl (C=O) groups excluding carboxylic acids is 2. The highest BCUT2D eigenvalue weighted by Gasteiger charge is 2.27. The van der Waals surface area contributed by atoms with Crippen LogP contribution in [0.25, 0.3) is 0 Å². The van der Waals surface area contributed by atoms with Crippen LogP contribution in [0.2, 0.25) is 0 Å². The minimum absolute atomic E-state index is 0.0359. The van der Waals surface area contributed by atoms with Crippen LogP contribution in [0.3, 0.4) is 0 Å². The van der Waals surface area contributed by atoms with Gasteiger partial charge < -0.3 is 11.1 Å². The molecule has 5 heteroatoms. The SMILES string of the molecule is NC(=S)Nc1ccc2c(c1)C(=O)CC2=O. The molecule has 0 heterocycles. The Hall–Kier alpha value is -1.75. The average molecular weight is 220 g/mol. The molecular weight excluding hydrogens is 212 g/mol. The summed E-state index contributed by atoms with van der Waals surface area (Å²) in [5.74, 6) is -0.279. The number of carbonyl (C=O) groups is 2. The van der Waals surface area contributed by atoms with Crippen molar-refractivity contribution in [1.29, 1.82) is 0 Å². The summed E-state index contributed by atoms with van der Waals surface area (Å²) in [4.78, 5) is 22.7. The monoisotopic (exact) mass is 220 g/mol. The molecule has 0 aromatic heterocycles. The largest absolute Gasteiger partial charge is 0.376 e. The van der Waals surface area contributed by atoms with Crippen LogP contribution in [0.4, 0.5) is 5.69 Å². The number of rotatable bonds is 1. The number of Topliss-reactive ketones (excluding diaryl/α,β-unsaturated/α-hetero) is 2. The molecule has 0 saturated heterocycles. The summed E-state index contributed by atoms with van der Waals surface area (Å²) < 4.78 is 0. The van der Waals surface area contributed by atoms with E-state index in [-0.39, 0.29) is 23.1 Å². The second kappa shape index (κ2) is 3.43. The number of ketones is 2. The molecule has 15 heavy (non-hydrogen) atoms. The molecule has 0 atom stereocenters. The first kappa shape index (κ1) is 9.79. The highest BCUT2D eigenvalue weighted by Crippen LogP contribution is 2.24. The molecule has 0 unspecified atom stereocenters. The smallest absolute Gasteiger partial charge is 0.171 e. The first-order valence-electron chi connectivity index (χ1n) is 4.35. The standard InChI is InChI=1S/C10H8N2O2S/c11-10(15)12-5-1-2-6-7(3-5)9(14)4-8(6)13/h1-3H,4H2,(H3,11,12,15). The second-order valence-electron chi connectivity index (χ2n) is 3.27. The minimum Gasteiger partial charge on any atom is -0.376 e. The maximum atomic E-state index is 11.4. The molecule has 1 aromatic carbocycles. The Labute approximate surface area is 91.5 Å². The van der Waals surface area contributed by atoms with E-state index in [1.54, 1.807) is 18.2 Å². The van der Waals surface area contributed by atoms with Crippen LogP contribution in [0.5, 0.6) is 0 Å². The molecule has 1 aliphatic carbocycles. The Morgan fingerprint density at radius 3 is 2.60 bits per heavy atom. The number of hydrogen-bond donors (Lipinski definition) is 2. The summed E-state index contributed by atoms with van der Waals surface area (Å²) in [6, 6.07) is 4.89. The van der Waals surface area contributed by atoms with Gasteiger partial charge in [0.05, 0.1) is 6.42 Å². The fourth-order valence-electron chi connectivity index (χ4n) is 1.57. The van der Waals surface area contributed by atoms with Gasteiger partial charge in [0.2, 0.25) is 0 Å². The Bertz CT molecular complexity index is 482. The molecule has 0 aliphatic heterocycles. The predicted octanol–water partition coefficient (Wildman–Crippen LogP) is 1.11. The normalized spacial score (nSPS) is 13.9. The molecule has 0 bridgehead atoms. The van der Waals surface area contributed by atoms with Crippen LogP contribution in [0.1, 0.15) is 27.1 Å². The van der Waals surface area contributed by atoms with Crippen LogP contribution in [-0.4, -0.2) is 16.7 Å². The number of nitrogens with two attached hydrogens (primary N) is 1. The number of anilines is 1. The van der Waals surface area contributed by atoms with Crippen molar-refractivity contribution < 1.29 is 9.59 Å². The lowest BCUT2D eigenvalue weighted by atomic mass is 10.1. The Morgan fingerprint density at radius 1 is 1.27 bits per heavy atom. The Kier molecular flexibility index (Phi) is 2.24. The maximum absolute atomic E-state index is 11.4. The maximum Gasteiger partial charge on any atom is 0.171 e. The highest BCUT2D eigenvalue weighted by molar-refractivity contribution is 7.80. The summed E-state index contributed by atoms with van der Waals surface area (Å²) in [5, 5.41) is 2.85. The molecule has 0 radical (unpaired) electrons. The molecule has 1 aliphatic rings. The number of hydrogen-bond acceptors (Lipinski definition) is 3. The second-order valence-corrected chi connectivity index (χ2v) is 3.71. The van der Waals surface area contributed by atoms with Crippen molar-refractivity contribution in [3.63, 3.8) is 0 Å². The van der Waals surface area contributed by atoms with Crippen molar-refractivity contribution in [2.75, 3.05) is 5.32 Å². The highest BCUT2D eigenvalue weighted by atomic mass is 32.1. The van der Waals surface area contributed by atoms with Crippen molar-refractivity contribution in [1.82, 2.24) is 0 Å². The molecule has 0 amide bonds. The van der Waals surface area contributed by atoms with E-state index >= 15 is 0 Å². The lowest BCUT2D eigenvalue weighted by molar-refractivity contribution is 0.0923. The minimum atomic E-state index is -0.151. The van der Waals surface area contributed by atoms with Gasteiger partial charge in [0.15, 0.2) is 16.7 Å². The first-order chi connectivity index (χ1) is 7.08. The number of thiocarbonyl (C=S) groups is 1. The van der Waals surface area contributed by atoms with Crippen LogP contribution in [0, 0.1) is 0 Å². The number of nitrogens with one attached hydrogen (secondary N) is 1. The van der Waals surface area contributed by atoms with Crippen LogP contribution >= 0.6 is 12.2 Å². The summed E-state index contributed by atoms with van der Waals surface area (Å²) in [6.07, 6.45) is -0.0359. The van der Waals surface area contributed by atoms with Gasteiger partial charge in [-0.2, -0.15) is 0 Å². The lowest BCUT2D eigenvalue weighted by Gasteiger charge is -2.04. The van der Waals surface area contributed by atoms with Crippen molar-refractivity contribution in [3.8, 4) is 0 Å². The van der Waals surface area contributed by atoms with Gasteiger partial charge in [0, 0.05) is 16.8 Å². The zero-order valence-electron chi connectivity index (χ0n) is 7.74. The van der Waals surface area contributed by atoms with Crippen molar-refractivity contribution in [2.24, 2.45) is 5.73 Å². The summed E-state index contributed by atoms with van der Waals surface area (Å²) in [6.45, 7) is 0. The third-order valence-electron chi connectivity index (χ3n) is 2.21. The zero-order valence-corrected chi connectivity index (χ0v) is 8.56. The summed E-state index contributed by atoms with van der Waals surface area (Å²) >= 11 is 4.67. The molecule has 0 spiro atoms. The molecule has 3 N–H and O–H groups in total. The predicted molar refractivity (Wildman–Crippen MR) is 60.1 cm³/mol. The van der Waals surface area contributed by atoms with Gasteiger partial charge in [-0.15, -0.1) is 0 Å². The molecule has 1 aromatic rings. The van der Waals surface area contributed by atoms with Crippen LogP contribution in [0.15, 0.2) is 18.2 Å². The molecule has 2 rings (SSSR count). The fourth-order valence-corrected chi connectivity index (χ4v) is 1.69. The van der Waals surface area contributed by atoms with E-state index in [1.807, 2.05) is 0 Å². The van der Waals surface area contributed by atoms with E-state index in [2.05, 4.69) is 17.5 Å². The Morgan fingerprint density at radius 2 is 1.93 bits per heavy atom. The summed E-state index contributed by atoms with van der Waals surface area (Å²) in [7, 11) is 0. The van der Waals surface area contributed by atoms with E-state index in [4.69, 9.17) is 5.73 Å². The van der Waals surface area contributed by atoms with Crippen molar-refractivity contribution in [2.45, 2.75) is 6.42 Å². The van der Waals surface area contributed by atoms with Crippen molar-refractivity contribution in [3.05, 3.63) is 29.3 Å². The number of fused-ring (bicyclic) bond motifs is 1. The van der Waals surface area contributed by atoms with Gasteiger partial charge in [-0.1, -0.05) is 0 Å². The molecular formula is C10H8N2O2S. The third-order valence-corrected chi connectivity index (χ3v) is 2.31. The zero-order chi connectivity index (χ0) is 11.0. The van der Waals surface area contributed by atoms with Gasteiger partial charge in [0.1, 0.15) is 0 Å². The van der Waals surface area contributed by atoms with Crippen molar-refractivity contribution >= 4 is 34.6 Å². The number of benzene rings is 1. The quantitative estimate of drug-likeness (QED) is 0.548. The van der Waals surface area contributed by atoms with Gasteiger partial charge >= 0.3 is 0 Å². The van der Waals surface area contributed by atoms with E-state index in [0.717, 1.165) is 0 Å². The van der Waals surface area contributed by atoms with Gasteiger partial charge in [-0.25, -0.2) is 0 Å². The van der Waals surface area contributed by atoms with Crippen LogP contribution < -0.4 is 11.1 Å². The Balaban J connectivity index is 2.42. The van der Waals surface area contributed by atoms with E-state index in [0.29, 0.717) is 16.8 Å². The molecule has 4 nitrogen and oxygen atoms in total. The average Bonchev–Trinajstić information content (AvgIpc) is 2.41. The molecule has 76 valence electrons. The van der Waals surface area contributed by atoms with E-state index in [1.165, 1.54) is 0 Å². The van der Waals surface area contributed by atoms with Gasteiger partial charge in [-0.3, -0.25) is 9.59 Å². The third kappa shape index (κ3) is 1.73. The van der Waals surface area contributed by atoms with E-state index in [9.17, 15) is 9.59 Å². The fraction of sp³-hybridized carbons (Fsp3) is 0.100. The topological polar surface area (TPSA) is 72.2 Å². The van der Waals surface area contributed by atoms with Gasteiger partial charge in [-0.05, 0) is 30.4 Å². The first-order valence-corrected chi connectivity index (χ1v) is 4.75. The van der Waals surface area contributed by atoms with Crippen LogP contribution in [-0.2, 0) is 0 Å². The lowest BCUT2D eigenvalue weighted by Crippen LogP contribution is -2.19. The molecule has 0 fully saturated rings. The van der Waals surface area contributed by atoms with E-state index < -0.39 is 0 Å². The summed E-state index contributed by atoms with van der Waals surface area (Å²) in [5.41, 5.74) is 6.85.